The van der Waals surface area contributed by atoms with Crippen molar-refractivity contribution in [3.05, 3.63) is 95.6 Å². The highest BCUT2D eigenvalue weighted by atomic mass is 19.4. The molecule has 0 saturated heterocycles. The van der Waals surface area contributed by atoms with Crippen molar-refractivity contribution in [3.8, 4) is 0 Å². The van der Waals surface area contributed by atoms with E-state index >= 15 is 0 Å². The van der Waals surface area contributed by atoms with Crippen molar-refractivity contribution >= 4 is 11.4 Å². The van der Waals surface area contributed by atoms with Crippen molar-refractivity contribution in [1.82, 2.24) is 0 Å². The van der Waals surface area contributed by atoms with Gasteiger partial charge in [0, 0.05) is 31.4 Å². The molecule has 0 saturated carbocycles. The van der Waals surface area contributed by atoms with Crippen molar-refractivity contribution in [2.75, 3.05) is 37.0 Å². The summed E-state index contributed by atoms with van der Waals surface area (Å²) in [6.45, 7) is -2.11. The average Bonchev–Trinajstić information content (AvgIpc) is 2.73. The van der Waals surface area contributed by atoms with Gasteiger partial charge in [0.1, 0.15) is 13.1 Å². The minimum absolute atomic E-state index is 0.227. The Morgan fingerprint density at radius 3 is 1.21 bits per heavy atom. The number of hydrogen-bond acceptors (Lipinski definition) is 2. The highest BCUT2D eigenvalue weighted by Gasteiger charge is 2.30. The molecular formula is C25H24F6N2. The molecule has 0 aliphatic carbocycles. The first kappa shape index (κ1) is 24.5. The van der Waals surface area contributed by atoms with Crippen LogP contribution in [0.15, 0.2) is 78.9 Å². The highest BCUT2D eigenvalue weighted by molar-refractivity contribution is 5.54. The van der Waals surface area contributed by atoms with E-state index in [0.29, 0.717) is 11.4 Å². The van der Waals surface area contributed by atoms with Gasteiger partial charge in [-0.05, 0) is 41.0 Å². The summed E-state index contributed by atoms with van der Waals surface area (Å²) < 4.78 is 76.3. The standard InChI is InChI=1S/C25H24F6N2/c1-32(16-24(26,27)28)21-12-8-19(9-13-21)23(18-6-4-3-5-7-18)20-10-14-22(15-11-20)33(2)17-25(29,30)31/h3-15,23H,16-17H2,1-2H3. The van der Waals surface area contributed by atoms with E-state index in [2.05, 4.69) is 0 Å². The molecule has 0 aromatic heterocycles. The zero-order valence-corrected chi connectivity index (χ0v) is 18.2. The summed E-state index contributed by atoms with van der Waals surface area (Å²) in [5, 5.41) is 0. The summed E-state index contributed by atoms with van der Waals surface area (Å²) in [6, 6.07) is 23.2. The quantitative estimate of drug-likeness (QED) is 0.277. The number of rotatable bonds is 7. The molecule has 0 radical (unpaired) electrons. The molecule has 0 aliphatic heterocycles. The van der Waals surface area contributed by atoms with Crippen molar-refractivity contribution in [3.63, 3.8) is 0 Å². The molecule has 0 aliphatic rings. The molecule has 0 atom stereocenters. The molecule has 0 amide bonds. The summed E-state index contributed by atoms with van der Waals surface area (Å²) >= 11 is 0. The van der Waals surface area contributed by atoms with Crippen LogP contribution in [0.2, 0.25) is 0 Å². The zero-order valence-electron chi connectivity index (χ0n) is 18.2. The van der Waals surface area contributed by atoms with Crippen LogP contribution in [0, 0.1) is 0 Å². The monoisotopic (exact) mass is 466 g/mol. The van der Waals surface area contributed by atoms with E-state index in [1.165, 1.54) is 14.1 Å². The Labute approximate surface area is 189 Å². The molecule has 3 aromatic carbocycles. The lowest BCUT2D eigenvalue weighted by Crippen LogP contribution is -2.30. The molecule has 0 unspecified atom stereocenters. The maximum atomic E-state index is 12.7. The molecule has 176 valence electrons. The number of alkyl halides is 6. The molecule has 3 rings (SSSR count). The van der Waals surface area contributed by atoms with Gasteiger partial charge in [0.2, 0.25) is 0 Å². The lowest BCUT2D eigenvalue weighted by molar-refractivity contribution is -0.120. The fourth-order valence-electron chi connectivity index (χ4n) is 3.79. The molecule has 0 fully saturated rings. The highest BCUT2D eigenvalue weighted by Crippen LogP contribution is 2.34. The van der Waals surface area contributed by atoms with Gasteiger partial charge in [-0.25, -0.2) is 0 Å². The zero-order chi connectivity index (χ0) is 24.2. The topological polar surface area (TPSA) is 6.48 Å². The fraction of sp³-hybridized carbons (Fsp3) is 0.280. The Kier molecular flexibility index (Phi) is 7.25. The van der Waals surface area contributed by atoms with Crippen molar-refractivity contribution in [2.24, 2.45) is 0 Å². The molecular weight excluding hydrogens is 442 g/mol. The Hall–Kier alpha value is -3.16. The third-order valence-electron chi connectivity index (χ3n) is 5.30. The molecule has 0 heterocycles. The van der Waals surface area contributed by atoms with Gasteiger partial charge in [-0.2, -0.15) is 26.3 Å². The van der Waals surface area contributed by atoms with Crippen LogP contribution in [0.3, 0.4) is 0 Å². The Morgan fingerprint density at radius 2 is 0.879 bits per heavy atom. The van der Waals surface area contributed by atoms with Crippen molar-refractivity contribution in [1.29, 1.82) is 0 Å². The van der Waals surface area contributed by atoms with E-state index in [0.717, 1.165) is 26.5 Å². The lowest BCUT2D eigenvalue weighted by Gasteiger charge is -2.24. The summed E-state index contributed by atoms with van der Waals surface area (Å²) in [5.74, 6) is -0.227. The summed E-state index contributed by atoms with van der Waals surface area (Å²) in [7, 11) is 2.76. The number of hydrogen-bond donors (Lipinski definition) is 0. The van der Waals surface area contributed by atoms with Crippen LogP contribution in [0.4, 0.5) is 37.7 Å². The van der Waals surface area contributed by atoms with E-state index in [-0.39, 0.29) is 5.92 Å². The molecule has 0 bridgehead atoms. The minimum Gasteiger partial charge on any atom is -0.366 e. The van der Waals surface area contributed by atoms with Gasteiger partial charge in [-0.15, -0.1) is 0 Å². The first-order chi connectivity index (χ1) is 15.4. The minimum atomic E-state index is -4.30. The number of benzene rings is 3. The van der Waals surface area contributed by atoms with E-state index in [9.17, 15) is 26.3 Å². The predicted molar refractivity (Wildman–Crippen MR) is 119 cm³/mol. The van der Waals surface area contributed by atoms with E-state index in [1.54, 1.807) is 48.5 Å². The first-order valence-corrected chi connectivity index (χ1v) is 10.2. The Balaban J connectivity index is 1.91. The van der Waals surface area contributed by atoms with Gasteiger partial charge in [0.25, 0.3) is 0 Å². The molecule has 3 aromatic rings. The van der Waals surface area contributed by atoms with Gasteiger partial charge in [0.15, 0.2) is 0 Å². The second-order valence-corrected chi connectivity index (χ2v) is 7.97. The van der Waals surface area contributed by atoms with E-state index < -0.39 is 25.4 Å². The van der Waals surface area contributed by atoms with E-state index in [1.807, 2.05) is 30.3 Å². The second-order valence-electron chi connectivity index (χ2n) is 7.97. The summed E-state index contributed by atoms with van der Waals surface area (Å²) in [4.78, 5) is 2.26. The Bertz CT molecular complexity index is 947. The third kappa shape index (κ3) is 6.91. The molecule has 0 N–H and O–H groups in total. The smallest absolute Gasteiger partial charge is 0.366 e. The van der Waals surface area contributed by atoms with Crippen LogP contribution >= 0.6 is 0 Å². The average molecular weight is 466 g/mol. The molecule has 8 heteroatoms. The molecule has 0 spiro atoms. The Morgan fingerprint density at radius 1 is 0.545 bits per heavy atom. The van der Waals surface area contributed by atoms with Crippen LogP contribution in [0.5, 0.6) is 0 Å². The largest absolute Gasteiger partial charge is 0.405 e. The fourth-order valence-corrected chi connectivity index (χ4v) is 3.79. The van der Waals surface area contributed by atoms with Gasteiger partial charge < -0.3 is 9.80 Å². The van der Waals surface area contributed by atoms with Crippen LogP contribution in [-0.2, 0) is 0 Å². The summed E-state index contributed by atoms with van der Waals surface area (Å²) in [6.07, 6.45) is -8.61. The second kappa shape index (κ2) is 9.77. The van der Waals surface area contributed by atoms with E-state index in [4.69, 9.17) is 0 Å². The van der Waals surface area contributed by atoms with Crippen LogP contribution in [0.1, 0.15) is 22.6 Å². The van der Waals surface area contributed by atoms with Crippen molar-refractivity contribution in [2.45, 2.75) is 18.3 Å². The lowest BCUT2D eigenvalue weighted by atomic mass is 9.85. The molecule has 2 nitrogen and oxygen atoms in total. The first-order valence-electron chi connectivity index (χ1n) is 10.2. The van der Waals surface area contributed by atoms with Crippen LogP contribution in [-0.4, -0.2) is 39.5 Å². The maximum Gasteiger partial charge on any atom is 0.405 e. The molecule has 33 heavy (non-hydrogen) atoms. The van der Waals surface area contributed by atoms with Crippen molar-refractivity contribution < 1.29 is 26.3 Å². The van der Waals surface area contributed by atoms with Gasteiger partial charge >= 0.3 is 12.4 Å². The van der Waals surface area contributed by atoms with Gasteiger partial charge in [-0.1, -0.05) is 54.6 Å². The predicted octanol–water partition coefficient (Wildman–Crippen LogP) is 6.86. The number of anilines is 2. The van der Waals surface area contributed by atoms with Crippen LogP contribution < -0.4 is 9.80 Å². The number of nitrogens with zero attached hydrogens (tertiary/aromatic N) is 2. The SMILES string of the molecule is CN(CC(F)(F)F)c1ccc(C(c2ccccc2)c2ccc(N(C)CC(F)(F)F)cc2)cc1. The van der Waals surface area contributed by atoms with Gasteiger partial charge in [0.05, 0.1) is 0 Å². The maximum absolute atomic E-state index is 12.7. The number of halogens is 6. The van der Waals surface area contributed by atoms with Crippen LogP contribution in [0.25, 0.3) is 0 Å². The normalized spacial score (nSPS) is 12.2. The summed E-state index contributed by atoms with van der Waals surface area (Å²) in [5.41, 5.74) is 3.56. The third-order valence-corrected chi connectivity index (χ3v) is 5.30. The van der Waals surface area contributed by atoms with Gasteiger partial charge in [-0.3, -0.25) is 0 Å².